The zero-order chi connectivity index (χ0) is 33.9. The second kappa shape index (κ2) is 10.8. The quantitative estimate of drug-likeness (QED) is 0.192. The molecule has 0 fully saturated rings. The summed E-state index contributed by atoms with van der Waals surface area (Å²) in [6.45, 7) is 0. The fourth-order valence-electron chi connectivity index (χ4n) is 6.36. The van der Waals surface area contributed by atoms with Crippen molar-refractivity contribution in [2.45, 2.75) is 0 Å². The first-order chi connectivity index (χ1) is 24.5. The molecule has 0 saturated carbocycles. The number of oxazole rings is 1. The third kappa shape index (κ3) is 4.41. The van der Waals surface area contributed by atoms with E-state index in [0.717, 1.165) is 44.2 Å². The van der Waals surface area contributed by atoms with E-state index in [1.54, 1.807) is 0 Å². The Bertz CT molecular complexity index is 2430. The summed E-state index contributed by atoms with van der Waals surface area (Å²) in [6, 6.07) is 47.1. The highest BCUT2D eigenvalue weighted by atomic mass is 16.4. The average Bonchev–Trinajstić information content (AvgIpc) is 3.73. The first-order valence-electron chi connectivity index (χ1n) is 17.2. The predicted molar refractivity (Wildman–Crippen MR) is 189 cm³/mol. The molecule has 0 saturated heterocycles. The fraction of sp³-hybridized carbons (Fsp3) is 0. The molecule has 7 aromatic carbocycles. The second-order valence-corrected chi connectivity index (χ2v) is 11.3. The van der Waals surface area contributed by atoms with Gasteiger partial charge in [0.2, 0.25) is 5.89 Å². The summed E-state index contributed by atoms with van der Waals surface area (Å²) in [5.74, 6) is 0.638. The number of aromatic nitrogens is 1. The van der Waals surface area contributed by atoms with E-state index in [1.165, 1.54) is 0 Å². The van der Waals surface area contributed by atoms with Crippen molar-refractivity contribution >= 4 is 27.8 Å². The Morgan fingerprint density at radius 1 is 0.478 bits per heavy atom. The van der Waals surface area contributed by atoms with Crippen LogP contribution in [0.4, 0.5) is 17.1 Å². The van der Waals surface area contributed by atoms with Crippen LogP contribution in [0.1, 0.15) is 5.48 Å². The normalized spacial score (nSPS) is 12.7. The van der Waals surface area contributed by atoms with Gasteiger partial charge in [0, 0.05) is 39.1 Å². The minimum Gasteiger partial charge on any atom is -0.435 e. The van der Waals surface area contributed by atoms with E-state index in [9.17, 15) is 5.48 Å². The Hall–Kier alpha value is -6.19. The maximum Gasteiger partial charge on any atom is 0.227 e. The molecule has 1 aromatic heterocycles. The first kappa shape index (κ1) is 22.3. The van der Waals surface area contributed by atoms with Crippen LogP contribution >= 0.6 is 0 Å². The molecule has 0 radical (unpaired) electrons. The second-order valence-electron chi connectivity index (χ2n) is 11.3. The van der Waals surface area contributed by atoms with Crippen molar-refractivity contribution in [2.75, 3.05) is 4.90 Å². The largest absolute Gasteiger partial charge is 0.435 e. The summed E-state index contributed by atoms with van der Waals surface area (Å²) in [6.07, 6.45) is 0. The zero-order valence-corrected chi connectivity index (χ0v) is 24.7. The standard InChI is InChI=1S/C43H28N2O/c1-3-11-29(12-4-1)33-17-7-19-36(27-33)45(37-20-8-18-34(28-37)30-13-5-2-6-14-30)35-25-23-32(24-26-35)43-44-41-38-21-9-15-31-16-10-22-39(40(31)38)42(41)46-43/h1-28H/i23D,24D,25D,26D. The molecule has 3 nitrogen and oxygen atoms in total. The van der Waals surface area contributed by atoms with Crippen LogP contribution in [0.3, 0.4) is 0 Å². The molecule has 216 valence electrons. The highest BCUT2D eigenvalue weighted by Crippen LogP contribution is 2.48. The highest BCUT2D eigenvalue weighted by molar-refractivity contribution is 6.13. The smallest absolute Gasteiger partial charge is 0.227 e. The predicted octanol–water partition coefficient (Wildman–Crippen LogP) is 11.9. The number of hydrogen-bond donors (Lipinski definition) is 0. The molecule has 0 spiro atoms. The van der Waals surface area contributed by atoms with Crippen molar-refractivity contribution in [3.8, 4) is 56.3 Å². The van der Waals surface area contributed by atoms with Gasteiger partial charge in [-0.2, -0.15) is 0 Å². The molecule has 8 aromatic rings. The molecule has 0 atom stereocenters. The highest BCUT2D eigenvalue weighted by Gasteiger charge is 2.27. The zero-order valence-electron chi connectivity index (χ0n) is 28.7. The van der Waals surface area contributed by atoms with Gasteiger partial charge in [0.15, 0.2) is 5.76 Å². The Labute approximate surface area is 273 Å². The molecule has 0 unspecified atom stereocenters. The fourth-order valence-corrected chi connectivity index (χ4v) is 6.36. The molecule has 46 heavy (non-hydrogen) atoms. The molecule has 1 heterocycles. The monoisotopic (exact) mass is 592 g/mol. The summed E-state index contributed by atoms with van der Waals surface area (Å²) in [7, 11) is 0. The van der Waals surface area contributed by atoms with Crippen LogP contribution in [0.5, 0.6) is 0 Å². The molecular weight excluding hydrogens is 560 g/mol. The molecule has 3 heteroatoms. The summed E-state index contributed by atoms with van der Waals surface area (Å²) >= 11 is 0. The minimum atomic E-state index is -0.226. The van der Waals surface area contributed by atoms with Gasteiger partial charge >= 0.3 is 0 Å². The van der Waals surface area contributed by atoms with E-state index in [-0.39, 0.29) is 41.3 Å². The average molecular weight is 593 g/mol. The van der Waals surface area contributed by atoms with E-state index in [4.69, 9.17) is 9.40 Å². The van der Waals surface area contributed by atoms with Gasteiger partial charge < -0.3 is 9.32 Å². The van der Waals surface area contributed by atoms with Crippen LogP contribution in [-0.2, 0) is 0 Å². The van der Waals surface area contributed by atoms with E-state index in [1.807, 2.05) is 150 Å². The molecule has 1 aliphatic carbocycles. The van der Waals surface area contributed by atoms with Crippen LogP contribution in [0.2, 0.25) is 0 Å². The van der Waals surface area contributed by atoms with Gasteiger partial charge in [0.25, 0.3) is 0 Å². The molecule has 1 aliphatic rings. The van der Waals surface area contributed by atoms with Gasteiger partial charge in [-0.05, 0) is 76.1 Å². The third-order valence-corrected chi connectivity index (χ3v) is 8.50. The molecule has 0 aliphatic heterocycles. The van der Waals surface area contributed by atoms with Crippen LogP contribution in [0.15, 0.2) is 174 Å². The van der Waals surface area contributed by atoms with Crippen molar-refractivity contribution in [3.63, 3.8) is 0 Å². The number of anilines is 3. The lowest BCUT2D eigenvalue weighted by atomic mass is 10.0. The third-order valence-electron chi connectivity index (χ3n) is 8.50. The maximum atomic E-state index is 9.41. The number of nitrogens with zero attached hydrogens (tertiary/aromatic N) is 2. The Kier molecular flexibility index (Phi) is 5.22. The van der Waals surface area contributed by atoms with Gasteiger partial charge in [-0.15, -0.1) is 0 Å². The van der Waals surface area contributed by atoms with E-state index >= 15 is 0 Å². The van der Waals surface area contributed by atoms with Crippen LogP contribution < -0.4 is 4.90 Å². The van der Waals surface area contributed by atoms with Crippen LogP contribution in [0, 0.1) is 0 Å². The number of fused-ring (bicyclic) bond motifs is 3. The lowest BCUT2D eigenvalue weighted by Crippen LogP contribution is -2.10. The Morgan fingerprint density at radius 3 is 1.63 bits per heavy atom. The number of benzene rings is 7. The van der Waals surface area contributed by atoms with E-state index in [0.29, 0.717) is 22.8 Å². The summed E-state index contributed by atoms with van der Waals surface area (Å²) in [4.78, 5) is 6.61. The molecule has 0 bridgehead atoms. The SMILES string of the molecule is [2H]c1c([2H])c(N(c2cccc(-c3ccccc3)c2)c2cccc(-c3ccccc3)c2)c([2H])c([2H])c1-c1nc2c(o1)-c1cccc3cccc-2c13. The lowest BCUT2D eigenvalue weighted by molar-refractivity contribution is 0.590. The minimum absolute atomic E-state index is 0.0267. The number of hydrogen-bond acceptors (Lipinski definition) is 3. The van der Waals surface area contributed by atoms with Gasteiger partial charge in [0.1, 0.15) is 5.69 Å². The van der Waals surface area contributed by atoms with Gasteiger partial charge in [0.05, 0.1) is 5.48 Å². The van der Waals surface area contributed by atoms with E-state index < -0.39 is 0 Å². The van der Waals surface area contributed by atoms with Crippen molar-refractivity contribution < 1.29 is 9.90 Å². The molecule has 9 rings (SSSR count). The Balaban J connectivity index is 1.23. The Morgan fingerprint density at radius 2 is 1.02 bits per heavy atom. The topological polar surface area (TPSA) is 29.3 Å². The van der Waals surface area contributed by atoms with Crippen LogP contribution in [0.25, 0.3) is 67.1 Å². The van der Waals surface area contributed by atoms with Gasteiger partial charge in [-0.3, -0.25) is 0 Å². The molecule has 0 N–H and O–H groups in total. The first-order valence-corrected chi connectivity index (χ1v) is 15.2. The van der Waals surface area contributed by atoms with Crippen molar-refractivity contribution in [1.82, 2.24) is 4.98 Å². The summed E-state index contributed by atoms with van der Waals surface area (Å²) in [5, 5.41) is 2.14. The van der Waals surface area contributed by atoms with E-state index in [2.05, 4.69) is 0 Å². The van der Waals surface area contributed by atoms with Crippen molar-refractivity contribution in [1.29, 1.82) is 0 Å². The van der Waals surface area contributed by atoms with Crippen molar-refractivity contribution in [2.24, 2.45) is 0 Å². The summed E-state index contributed by atoms with van der Waals surface area (Å²) in [5.41, 5.74) is 8.01. The van der Waals surface area contributed by atoms with Gasteiger partial charge in [-0.25, -0.2) is 4.98 Å². The maximum absolute atomic E-state index is 9.41. The number of rotatable bonds is 6. The molecule has 0 amide bonds. The van der Waals surface area contributed by atoms with Crippen LogP contribution in [-0.4, -0.2) is 4.98 Å². The summed E-state index contributed by atoms with van der Waals surface area (Å²) < 4.78 is 43.7. The molecular formula is C43H28N2O. The van der Waals surface area contributed by atoms with Gasteiger partial charge in [-0.1, -0.05) is 121 Å². The lowest BCUT2D eigenvalue weighted by Gasteiger charge is -2.26. The van der Waals surface area contributed by atoms with Crippen molar-refractivity contribution in [3.05, 3.63) is 170 Å².